The molecule has 1 amide bonds. The van der Waals surface area contributed by atoms with Crippen molar-refractivity contribution in [2.45, 2.75) is 6.92 Å². The van der Waals surface area contributed by atoms with E-state index in [0.717, 1.165) is 48.9 Å². The van der Waals surface area contributed by atoms with Crippen LogP contribution in [-0.4, -0.2) is 59.0 Å². The van der Waals surface area contributed by atoms with Crippen LogP contribution in [0.25, 0.3) is 22.2 Å². The van der Waals surface area contributed by atoms with Gasteiger partial charge in [-0.15, -0.1) is 0 Å². The quantitative estimate of drug-likeness (QED) is 0.363. The van der Waals surface area contributed by atoms with Gasteiger partial charge in [-0.1, -0.05) is 18.2 Å². The lowest BCUT2D eigenvalue weighted by Gasteiger charge is -2.34. The summed E-state index contributed by atoms with van der Waals surface area (Å²) < 4.78 is 13.2. The summed E-state index contributed by atoms with van der Waals surface area (Å²) in [4.78, 5) is 30.6. The van der Waals surface area contributed by atoms with Gasteiger partial charge in [0.2, 0.25) is 5.95 Å². The second kappa shape index (κ2) is 10.7. The van der Waals surface area contributed by atoms with Gasteiger partial charge in [-0.2, -0.15) is 0 Å². The van der Waals surface area contributed by atoms with Gasteiger partial charge in [0.05, 0.1) is 16.9 Å². The fourth-order valence-electron chi connectivity index (χ4n) is 4.33. The van der Waals surface area contributed by atoms with Crippen molar-refractivity contribution < 1.29 is 9.18 Å². The Labute approximate surface area is 214 Å². The van der Waals surface area contributed by atoms with Crippen LogP contribution in [0, 0.1) is 0 Å². The van der Waals surface area contributed by atoms with E-state index in [1.807, 2.05) is 30.3 Å². The van der Waals surface area contributed by atoms with Gasteiger partial charge in [0.15, 0.2) is 0 Å². The first-order valence-electron chi connectivity index (χ1n) is 12.1. The average molecular weight is 498 g/mol. The third-order valence-electron chi connectivity index (χ3n) is 6.25. The highest BCUT2D eigenvalue weighted by Gasteiger charge is 2.15. The van der Waals surface area contributed by atoms with E-state index in [1.54, 1.807) is 24.5 Å². The minimum atomic E-state index is -0.576. The highest BCUT2D eigenvalue weighted by Crippen LogP contribution is 2.32. The largest absolute Gasteiger partial charge is 0.369 e. The molecule has 0 radical (unpaired) electrons. The molecular weight excluding hydrogens is 469 g/mol. The SMILES string of the molecule is C/C(F)=C\C(=O)Nc1cccnc1-c1cccc2cnc(Nc3ccc(N4CCN(C)CC4)cc3)nc12. The minimum Gasteiger partial charge on any atom is -0.369 e. The molecule has 1 aliphatic heterocycles. The molecule has 0 saturated carbocycles. The predicted octanol–water partition coefficient (Wildman–Crippen LogP) is 5.00. The van der Waals surface area contributed by atoms with E-state index in [2.05, 4.69) is 49.6 Å². The van der Waals surface area contributed by atoms with Crippen molar-refractivity contribution in [2.24, 2.45) is 0 Å². The number of rotatable bonds is 6. The Morgan fingerprint density at radius 1 is 1.00 bits per heavy atom. The number of allylic oxidation sites excluding steroid dienone is 1. The first kappa shape index (κ1) is 24.3. The lowest BCUT2D eigenvalue weighted by molar-refractivity contribution is -0.112. The van der Waals surface area contributed by atoms with E-state index < -0.39 is 11.7 Å². The molecule has 2 aromatic carbocycles. The van der Waals surface area contributed by atoms with Crippen molar-refractivity contribution in [3.05, 3.63) is 78.9 Å². The molecule has 0 atom stereocenters. The summed E-state index contributed by atoms with van der Waals surface area (Å²) in [5.41, 5.74) is 4.49. The molecule has 0 spiro atoms. The highest BCUT2D eigenvalue weighted by atomic mass is 19.1. The Hall–Kier alpha value is -4.37. The minimum absolute atomic E-state index is 0.449. The van der Waals surface area contributed by atoms with E-state index in [4.69, 9.17) is 4.98 Å². The average Bonchev–Trinajstić information content (AvgIpc) is 2.89. The number of anilines is 4. The maximum Gasteiger partial charge on any atom is 0.251 e. The second-order valence-electron chi connectivity index (χ2n) is 9.02. The van der Waals surface area contributed by atoms with Crippen LogP contribution < -0.4 is 15.5 Å². The molecule has 4 aromatic rings. The van der Waals surface area contributed by atoms with Crippen LogP contribution in [0.15, 0.2) is 78.9 Å². The van der Waals surface area contributed by atoms with E-state index in [0.29, 0.717) is 22.8 Å². The molecule has 5 rings (SSSR count). The van der Waals surface area contributed by atoms with Crippen LogP contribution in [0.3, 0.4) is 0 Å². The number of nitrogens with zero attached hydrogens (tertiary/aromatic N) is 5. The number of hydrogen-bond donors (Lipinski definition) is 2. The Kier molecular flexibility index (Phi) is 7.04. The number of hydrogen-bond acceptors (Lipinski definition) is 7. The number of piperazine rings is 1. The third-order valence-corrected chi connectivity index (χ3v) is 6.25. The molecule has 0 unspecified atom stereocenters. The molecule has 0 bridgehead atoms. The number of carbonyl (C=O) groups is 1. The lowest BCUT2D eigenvalue weighted by atomic mass is 10.1. The van der Waals surface area contributed by atoms with Gasteiger partial charge in [-0.25, -0.2) is 14.4 Å². The van der Waals surface area contributed by atoms with E-state index >= 15 is 0 Å². The molecule has 2 N–H and O–H groups in total. The number of aromatic nitrogens is 3. The van der Waals surface area contributed by atoms with Crippen molar-refractivity contribution in [1.82, 2.24) is 19.9 Å². The van der Waals surface area contributed by atoms with Gasteiger partial charge >= 0.3 is 0 Å². The number of halogens is 1. The standard InChI is InChI=1S/C28H28FN7O/c1-19(29)17-25(37)33-24-7-4-12-30-27(24)23-6-3-5-20-18-31-28(34-26(20)23)32-21-8-10-22(11-9-21)36-15-13-35(2)14-16-36/h3-12,17-18H,13-16H2,1-2H3,(H,33,37)(H,31,32,34)/b19-17+. The Balaban J connectivity index is 1.41. The zero-order valence-electron chi connectivity index (χ0n) is 20.8. The molecule has 1 fully saturated rings. The zero-order valence-corrected chi connectivity index (χ0v) is 20.8. The summed E-state index contributed by atoms with van der Waals surface area (Å²) in [5.74, 6) is -0.690. The van der Waals surface area contributed by atoms with Crippen LogP contribution >= 0.6 is 0 Å². The zero-order chi connectivity index (χ0) is 25.8. The van der Waals surface area contributed by atoms with Gasteiger partial charge in [-0.05, 0) is 50.4 Å². The van der Waals surface area contributed by atoms with Crippen LogP contribution in [0.5, 0.6) is 0 Å². The summed E-state index contributed by atoms with van der Waals surface area (Å²) >= 11 is 0. The van der Waals surface area contributed by atoms with E-state index in [9.17, 15) is 9.18 Å². The first-order chi connectivity index (χ1) is 18.0. The molecule has 0 aliphatic carbocycles. The molecular formula is C28H28FN7O. The summed E-state index contributed by atoms with van der Waals surface area (Å²) in [6.07, 6.45) is 4.30. The van der Waals surface area contributed by atoms with Crippen LogP contribution in [0.1, 0.15) is 6.92 Å². The van der Waals surface area contributed by atoms with Crippen molar-refractivity contribution >= 4 is 39.8 Å². The molecule has 188 valence electrons. The number of likely N-dealkylation sites (N-methyl/N-ethyl adjacent to an activating group) is 1. The maximum absolute atomic E-state index is 13.2. The van der Waals surface area contributed by atoms with Crippen molar-refractivity contribution in [3.8, 4) is 11.3 Å². The maximum atomic E-state index is 13.2. The lowest BCUT2D eigenvalue weighted by Crippen LogP contribution is -2.44. The highest BCUT2D eigenvalue weighted by molar-refractivity contribution is 6.04. The van der Waals surface area contributed by atoms with Crippen molar-refractivity contribution in [2.75, 3.05) is 48.8 Å². The molecule has 37 heavy (non-hydrogen) atoms. The Bertz CT molecular complexity index is 1440. The summed E-state index contributed by atoms with van der Waals surface area (Å²) in [5, 5.41) is 6.83. The molecule has 1 aliphatic rings. The van der Waals surface area contributed by atoms with Crippen LogP contribution in [0.2, 0.25) is 0 Å². The number of fused-ring (bicyclic) bond motifs is 1. The second-order valence-corrected chi connectivity index (χ2v) is 9.02. The fraction of sp³-hybridized carbons (Fsp3) is 0.214. The number of benzene rings is 2. The van der Waals surface area contributed by atoms with E-state index in [-0.39, 0.29) is 0 Å². The van der Waals surface area contributed by atoms with E-state index in [1.165, 1.54) is 12.6 Å². The summed E-state index contributed by atoms with van der Waals surface area (Å²) in [6, 6.07) is 17.4. The molecule has 9 heteroatoms. The monoisotopic (exact) mass is 497 g/mol. The Morgan fingerprint density at radius 2 is 1.78 bits per heavy atom. The number of nitrogens with one attached hydrogen (secondary N) is 2. The molecule has 8 nitrogen and oxygen atoms in total. The summed E-state index contributed by atoms with van der Waals surface area (Å²) in [6.45, 7) is 5.36. The summed E-state index contributed by atoms with van der Waals surface area (Å²) in [7, 11) is 2.15. The first-order valence-corrected chi connectivity index (χ1v) is 12.1. The molecule has 3 heterocycles. The van der Waals surface area contributed by atoms with Crippen LogP contribution in [-0.2, 0) is 4.79 Å². The third kappa shape index (κ3) is 5.73. The number of amides is 1. The number of pyridine rings is 1. The molecule has 2 aromatic heterocycles. The van der Waals surface area contributed by atoms with Gasteiger partial charge in [-0.3, -0.25) is 9.78 Å². The molecule has 1 saturated heterocycles. The van der Waals surface area contributed by atoms with Crippen molar-refractivity contribution in [3.63, 3.8) is 0 Å². The van der Waals surface area contributed by atoms with Gasteiger partial charge in [0, 0.05) is 67.0 Å². The van der Waals surface area contributed by atoms with Crippen molar-refractivity contribution in [1.29, 1.82) is 0 Å². The smallest absolute Gasteiger partial charge is 0.251 e. The predicted molar refractivity (Wildman–Crippen MR) is 146 cm³/mol. The van der Waals surface area contributed by atoms with Gasteiger partial charge < -0.3 is 20.4 Å². The van der Waals surface area contributed by atoms with Gasteiger partial charge in [0.25, 0.3) is 5.91 Å². The normalized spacial score (nSPS) is 14.6. The Morgan fingerprint density at radius 3 is 2.54 bits per heavy atom. The number of carbonyl (C=O) groups excluding carboxylic acids is 1. The van der Waals surface area contributed by atoms with Gasteiger partial charge in [0.1, 0.15) is 5.83 Å². The topological polar surface area (TPSA) is 86.3 Å². The van der Waals surface area contributed by atoms with Crippen LogP contribution in [0.4, 0.5) is 27.4 Å². The number of para-hydroxylation sites is 1. The fourth-order valence-corrected chi connectivity index (χ4v) is 4.33.